The molecule has 1 aromatic rings. The Balaban J connectivity index is 2.43. The van der Waals surface area contributed by atoms with Gasteiger partial charge in [-0.25, -0.2) is 0 Å². The summed E-state index contributed by atoms with van der Waals surface area (Å²) in [6, 6.07) is 8.11. The van der Waals surface area contributed by atoms with Crippen molar-refractivity contribution in [2.75, 3.05) is 11.9 Å². The number of rotatable bonds is 1. The Morgan fingerprint density at radius 1 is 1.38 bits per heavy atom. The van der Waals surface area contributed by atoms with Crippen molar-refractivity contribution in [1.82, 2.24) is 0 Å². The van der Waals surface area contributed by atoms with E-state index in [1.807, 2.05) is 30.1 Å². The van der Waals surface area contributed by atoms with Crippen molar-refractivity contribution in [3.63, 3.8) is 0 Å². The summed E-state index contributed by atoms with van der Waals surface area (Å²) in [5, 5.41) is 0.983. The van der Waals surface area contributed by atoms with Crippen LogP contribution in [0.3, 0.4) is 0 Å². The second-order valence-corrected chi connectivity index (χ2v) is 3.83. The van der Waals surface area contributed by atoms with Crippen LogP contribution in [0.5, 0.6) is 0 Å². The molecule has 66 valence electrons. The van der Waals surface area contributed by atoms with Crippen LogP contribution in [-0.4, -0.2) is 13.3 Å². The quantitative estimate of drug-likeness (QED) is 0.501. The van der Waals surface area contributed by atoms with Crippen molar-refractivity contribution in [3.05, 3.63) is 35.4 Å². The predicted octanol–water partition coefficient (Wildman–Crippen LogP) is 2.27. The lowest BCUT2D eigenvalue weighted by Crippen LogP contribution is -2.09. The van der Waals surface area contributed by atoms with Gasteiger partial charge >= 0.3 is 0 Å². The number of nitrogens with zero attached hydrogens (tertiary/aromatic N) is 1. The van der Waals surface area contributed by atoms with Crippen molar-refractivity contribution < 1.29 is 4.79 Å². The predicted molar refractivity (Wildman–Crippen MR) is 54.8 cm³/mol. The minimum absolute atomic E-state index is 0.824. The Morgan fingerprint density at radius 3 is 2.85 bits per heavy atom. The van der Waals surface area contributed by atoms with Gasteiger partial charge in [-0.1, -0.05) is 23.9 Å². The number of anilines is 1. The first-order valence-corrected chi connectivity index (χ1v) is 4.80. The second kappa shape index (κ2) is 3.26. The number of hydrogen-bond donors (Lipinski definition) is 0. The zero-order valence-corrected chi connectivity index (χ0v) is 8.04. The van der Waals surface area contributed by atoms with E-state index in [4.69, 9.17) is 0 Å². The zero-order chi connectivity index (χ0) is 9.26. The lowest BCUT2D eigenvalue weighted by atomic mass is 10.3. The molecule has 1 aliphatic heterocycles. The molecular weight excluding hydrogens is 182 g/mol. The number of thioether (sulfide) groups is 1. The molecule has 0 fully saturated rings. The average Bonchev–Trinajstić information content (AvgIpc) is 2.46. The third kappa shape index (κ3) is 1.35. The second-order valence-electron chi connectivity index (χ2n) is 2.77. The molecular formula is C10H9NOS. The van der Waals surface area contributed by atoms with Crippen molar-refractivity contribution in [2.24, 2.45) is 0 Å². The number of aldehydes is 1. The smallest absolute Gasteiger partial charge is 0.145 e. The maximum Gasteiger partial charge on any atom is 0.145 e. The summed E-state index contributed by atoms with van der Waals surface area (Å²) in [5.74, 6) is 0. The Labute approximate surface area is 81.2 Å². The molecule has 0 saturated carbocycles. The van der Waals surface area contributed by atoms with Crippen LogP contribution in [0.4, 0.5) is 5.69 Å². The minimum Gasteiger partial charge on any atom is -0.338 e. The van der Waals surface area contributed by atoms with Crippen molar-refractivity contribution in [3.8, 4) is 0 Å². The summed E-state index contributed by atoms with van der Waals surface area (Å²) in [6.07, 6.45) is 2.41. The summed E-state index contributed by atoms with van der Waals surface area (Å²) in [5.41, 5.74) is 1.17. The summed E-state index contributed by atoms with van der Waals surface area (Å²) >= 11 is 1.62. The van der Waals surface area contributed by atoms with Crippen LogP contribution in [0.2, 0.25) is 0 Å². The molecule has 0 N–H and O–H groups in total. The van der Waals surface area contributed by atoms with Gasteiger partial charge in [-0.05, 0) is 12.1 Å². The van der Waals surface area contributed by atoms with E-state index in [0.29, 0.717) is 0 Å². The normalized spacial score (nSPS) is 17.6. The van der Waals surface area contributed by atoms with Gasteiger partial charge in [-0.15, -0.1) is 0 Å². The fourth-order valence-electron chi connectivity index (χ4n) is 1.32. The fraction of sp³-hybridized carbons (Fsp3) is 0.100. The molecule has 0 atom stereocenters. The SMILES string of the molecule is CN1C(=CC=O)Sc2ccccc21. The van der Waals surface area contributed by atoms with Gasteiger partial charge in [0.2, 0.25) is 0 Å². The molecule has 2 nitrogen and oxygen atoms in total. The van der Waals surface area contributed by atoms with Gasteiger partial charge in [-0.2, -0.15) is 0 Å². The lowest BCUT2D eigenvalue weighted by Gasteiger charge is -2.11. The summed E-state index contributed by atoms with van der Waals surface area (Å²) in [4.78, 5) is 13.6. The molecule has 0 unspecified atom stereocenters. The van der Waals surface area contributed by atoms with Crippen LogP contribution in [0.15, 0.2) is 40.3 Å². The third-order valence-corrected chi connectivity index (χ3v) is 3.17. The van der Waals surface area contributed by atoms with Gasteiger partial charge in [0.1, 0.15) is 6.29 Å². The molecule has 13 heavy (non-hydrogen) atoms. The highest BCUT2D eigenvalue weighted by Crippen LogP contribution is 2.44. The van der Waals surface area contributed by atoms with Crippen LogP contribution in [0.25, 0.3) is 0 Å². The number of carbonyl (C=O) groups excluding carboxylic acids is 1. The molecule has 3 heteroatoms. The molecule has 0 aromatic heterocycles. The number of allylic oxidation sites excluding steroid dienone is 1. The first-order valence-electron chi connectivity index (χ1n) is 3.99. The molecule has 0 radical (unpaired) electrons. The van der Waals surface area contributed by atoms with E-state index in [2.05, 4.69) is 6.07 Å². The first-order chi connectivity index (χ1) is 6.33. The molecule has 1 aromatic carbocycles. The van der Waals surface area contributed by atoms with E-state index in [1.165, 1.54) is 10.6 Å². The molecule has 0 aliphatic carbocycles. The summed E-state index contributed by atoms with van der Waals surface area (Å²) < 4.78 is 0. The van der Waals surface area contributed by atoms with Crippen LogP contribution in [0.1, 0.15) is 0 Å². The van der Waals surface area contributed by atoms with E-state index in [-0.39, 0.29) is 0 Å². The maximum absolute atomic E-state index is 10.3. The highest BCUT2D eigenvalue weighted by atomic mass is 32.2. The summed E-state index contributed by atoms with van der Waals surface area (Å²) in [6.45, 7) is 0. The summed E-state index contributed by atoms with van der Waals surface area (Å²) in [7, 11) is 1.97. The fourth-order valence-corrected chi connectivity index (χ4v) is 2.36. The van der Waals surface area contributed by atoms with Crippen LogP contribution < -0.4 is 4.90 Å². The van der Waals surface area contributed by atoms with Gasteiger partial charge in [0, 0.05) is 18.0 Å². The monoisotopic (exact) mass is 191 g/mol. The lowest BCUT2D eigenvalue weighted by molar-refractivity contribution is -0.104. The Hall–Kier alpha value is -1.22. The number of benzene rings is 1. The molecule has 0 spiro atoms. The van der Waals surface area contributed by atoms with Gasteiger partial charge in [0.05, 0.1) is 10.7 Å². The topological polar surface area (TPSA) is 20.3 Å². The van der Waals surface area contributed by atoms with Gasteiger partial charge in [-0.3, -0.25) is 4.79 Å². The molecule has 1 aliphatic rings. The van der Waals surface area contributed by atoms with E-state index in [0.717, 1.165) is 11.3 Å². The molecule has 2 rings (SSSR count). The Kier molecular flexibility index (Phi) is 2.10. The van der Waals surface area contributed by atoms with Crippen LogP contribution in [-0.2, 0) is 4.79 Å². The van der Waals surface area contributed by atoms with Gasteiger partial charge in [0.15, 0.2) is 0 Å². The van der Waals surface area contributed by atoms with E-state index in [9.17, 15) is 4.79 Å². The standard InChI is InChI=1S/C10H9NOS/c1-11-8-4-2-3-5-9(8)13-10(11)6-7-12/h2-7H,1H3. The average molecular weight is 191 g/mol. The van der Waals surface area contributed by atoms with Crippen LogP contribution >= 0.6 is 11.8 Å². The Bertz CT molecular complexity index is 373. The minimum atomic E-state index is 0.824. The number of para-hydroxylation sites is 1. The van der Waals surface area contributed by atoms with E-state index in [1.54, 1.807) is 17.8 Å². The van der Waals surface area contributed by atoms with Gasteiger partial charge in [0.25, 0.3) is 0 Å². The van der Waals surface area contributed by atoms with E-state index < -0.39 is 0 Å². The number of hydrogen-bond acceptors (Lipinski definition) is 3. The zero-order valence-electron chi connectivity index (χ0n) is 7.23. The highest BCUT2D eigenvalue weighted by molar-refractivity contribution is 8.03. The molecule has 0 bridgehead atoms. The molecule has 0 amide bonds. The van der Waals surface area contributed by atoms with Crippen LogP contribution in [0, 0.1) is 0 Å². The largest absolute Gasteiger partial charge is 0.338 e. The molecule has 0 saturated heterocycles. The van der Waals surface area contributed by atoms with Gasteiger partial charge < -0.3 is 4.90 Å². The van der Waals surface area contributed by atoms with Crippen molar-refractivity contribution >= 4 is 23.7 Å². The third-order valence-electron chi connectivity index (χ3n) is 1.98. The molecule has 1 heterocycles. The number of fused-ring (bicyclic) bond motifs is 1. The number of carbonyl (C=O) groups is 1. The maximum atomic E-state index is 10.3. The highest BCUT2D eigenvalue weighted by Gasteiger charge is 2.20. The van der Waals surface area contributed by atoms with Crippen molar-refractivity contribution in [1.29, 1.82) is 0 Å². The van der Waals surface area contributed by atoms with Crippen molar-refractivity contribution in [2.45, 2.75) is 4.90 Å². The Morgan fingerprint density at radius 2 is 2.15 bits per heavy atom. The first kappa shape index (κ1) is 8.38. The van der Waals surface area contributed by atoms with E-state index >= 15 is 0 Å².